The van der Waals surface area contributed by atoms with Crippen LogP contribution in [0.4, 0.5) is 5.82 Å². The monoisotopic (exact) mass is 437 g/mol. The van der Waals surface area contributed by atoms with Crippen molar-refractivity contribution in [3.8, 4) is 0 Å². The smallest absolute Gasteiger partial charge is 0.307 e. The second-order valence-corrected chi connectivity index (χ2v) is 11.1. The number of amides is 2. The predicted octanol–water partition coefficient (Wildman–Crippen LogP) is 3.90. The van der Waals surface area contributed by atoms with Crippen LogP contribution in [0.25, 0.3) is 0 Å². The summed E-state index contributed by atoms with van der Waals surface area (Å²) in [5.74, 6) is 2.63. The number of likely N-dealkylation sites (N-methyl/N-ethyl adjacent to an activating group) is 1. The minimum absolute atomic E-state index is 0.0530. The van der Waals surface area contributed by atoms with Gasteiger partial charge < -0.3 is 10.1 Å². The van der Waals surface area contributed by atoms with E-state index >= 15 is 0 Å². The lowest BCUT2D eigenvalue weighted by Crippen LogP contribution is -2.59. The van der Waals surface area contributed by atoms with Crippen molar-refractivity contribution in [3.05, 3.63) is 41.8 Å². The van der Waals surface area contributed by atoms with E-state index in [1.807, 2.05) is 11.9 Å². The molecule has 1 N–H and O–H groups in total. The topological polar surface area (TPSA) is 76.4 Å². The molecule has 6 nitrogen and oxygen atoms in total. The fourth-order valence-corrected chi connectivity index (χ4v) is 8.13. The summed E-state index contributed by atoms with van der Waals surface area (Å²) < 4.78 is 0.709. The van der Waals surface area contributed by atoms with E-state index in [1.54, 1.807) is 24.3 Å². The Hall–Kier alpha value is -2.37. The van der Waals surface area contributed by atoms with E-state index in [0.717, 1.165) is 25.7 Å². The molecule has 32 heavy (non-hydrogen) atoms. The van der Waals surface area contributed by atoms with Crippen LogP contribution in [0.15, 0.2) is 36.5 Å². The number of anilines is 1. The maximum Gasteiger partial charge on any atom is 0.307 e. The molecule has 3 saturated carbocycles. The first-order valence-corrected chi connectivity index (χ1v) is 12.2. The van der Waals surface area contributed by atoms with Gasteiger partial charge in [0.1, 0.15) is 0 Å². The third-order valence-electron chi connectivity index (χ3n) is 9.85. The van der Waals surface area contributed by atoms with Crippen molar-refractivity contribution in [2.24, 2.45) is 34.5 Å². The summed E-state index contributed by atoms with van der Waals surface area (Å²) in [7, 11) is 1.96. The highest BCUT2D eigenvalue weighted by molar-refractivity contribution is 5.89. The number of aromatic nitrogens is 1. The van der Waals surface area contributed by atoms with Crippen LogP contribution in [-0.4, -0.2) is 29.8 Å². The molecule has 7 atom stereocenters. The Bertz CT molecular complexity index is 961. The van der Waals surface area contributed by atoms with Crippen LogP contribution >= 0.6 is 0 Å². The second kappa shape index (κ2) is 7.60. The standard InChI is InChI=1S/C26H35N3O3/c1-25-13-11-20-18(8-10-21-26(20,2)14-12-24(31)28(21)3)19(25)9-7-17(25)16-23(30)27-22-6-4-5-15-29(22)32/h4-6,12,14-15,17-21H,7-11,13,16H2,1-3H3,(H,27,30)/t17-,18+,19+,20+,21-,25-,26-/m1/s1. The van der Waals surface area contributed by atoms with Crippen molar-refractivity contribution in [1.29, 1.82) is 0 Å². The van der Waals surface area contributed by atoms with Crippen molar-refractivity contribution >= 4 is 17.6 Å². The first kappa shape index (κ1) is 21.5. The molecule has 1 aromatic heterocycles. The summed E-state index contributed by atoms with van der Waals surface area (Å²) in [6.07, 6.45) is 12.7. The zero-order chi connectivity index (χ0) is 22.7. The molecule has 1 aromatic rings. The Morgan fingerprint density at radius 3 is 2.78 bits per heavy atom. The fourth-order valence-electron chi connectivity index (χ4n) is 8.13. The summed E-state index contributed by atoms with van der Waals surface area (Å²) >= 11 is 0. The Kier molecular flexibility index (Phi) is 5.10. The van der Waals surface area contributed by atoms with Gasteiger partial charge in [0.2, 0.25) is 5.91 Å². The molecule has 6 heteroatoms. The van der Waals surface area contributed by atoms with Crippen molar-refractivity contribution in [1.82, 2.24) is 4.90 Å². The molecule has 3 aliphatic carbocycles. The SMILES string of the molecule is CN1C(=O)C=C[C@]2(C)[C@H]3CC[C@]4(C)[C@@H](CC(=O)Nc5cccc[n+]5[O-])CC[C@H]4[C@@H]3CC[C@@H]12. The van der Waals surface area contributed by atoms with Crippen molar-refractivity contribution in [2.75, 3.05) is 12.4 Å². The molecule has 0 radical (unpaired) electrons. The molecule has 0 bridgehead atoms. The van der Waals surface area contributed by atoms with Gasteiger partial charge in [0.25, 0.3) is 5.82 Å². The highest BCUT2D eigenvalue weighted by Crippen LogP contribution is 2.65. The number of carbonyl (C=O) groups is 2. The molecule has 5 rings (SSSR count). The molecule has 3 fully saturated rings. The van der Waals surface area contributed by atoms with Gasteiger partial charge in [-0.2, -0.15) is 0 Å². The average Bonchev–Trinajstić information content (AvgIpc) is 3.09. The largest absolute Gasteiger partial charge is 0.711 e. The summed E-state index contributed by atoms with van der Waals surface area (Å²) in [5.41, 5.74) is 0.226. The van der Waals surface area contributed by atoms with Gasteiger partial charge in [-0.3, -0.25) is 4.79 Å². The van der Waals surface area contributed by atoms with Crippen molar-refractivity contribution in [2.45, 2.75) is 64.8 Å². The molecule has 0 saturated heterocycles. The third kappa shape index (κ3) is 3.17. The average molecular weight is 438 g/mol. The number of pyridine rings is 1. The van der Waals surface area contributed by atoms with E-state index in [2.05, 4.69) is 25.2 Å². The molecule has 0 aromatic carbocycles. The first-order chi connectivity index (χ1) is 15.2. The van der Waals surface area contributed by atoms with Gasteiger partial charge in [-0.15, -0.1) is 0 Å². The van der Waals surface area contributed by atoms with Crippen LogP contribution in [0.1, 0.15) is 58.8 Å². The molecule has 0 unspecified atom stereocenters. The van der Waals surface area contributed by atoms with Gasteiger partial charge in [-0.25, -0.2) is 14.8 Å². The van der Waals surface area contributed by atoms with Crippen molar-refractivity contribution < 1.29 is 14.3 Å². The predicted molar refractivity (Wildman–Crippen MR) is 122 cm³/mol. The van der Waals surface area contributed by atoms with Crippen molar-refractivity contribution in [3.63, 3.8) is 0 Å². The van der Waals surface area contributed by atoms with E-state index < -0.39 is 0 Å². The van der Waals surface area contributed by atoms with E-state index in [9.17, 15) is 14.8 Å². The second-order valence-electron chi connectivity index (χ2n) is 11.1. The van der Waals surface area contributed by atoms with Gasteiger partial charge >= 0.3 is 5.91 Å². The van der Waals surface area contributed by atoms with Crippen LogP contribution in [0.3, 0.4) is 0 Å². The van der Waals surface area contributed by atoms with Crippen LogP contribution in [0.5, 0.6) is 0 Å². The summed E-state index contributed by atoms with van der Waals surface area (Å²) in [6.45, 7) is 4.78. The first-order valence-electron chi connectivity index (χ1n) is 12.2. The van der Waals surface area contributed by atoms with E-state index in [-0.39, 0.29) is 22.6 Å². The van der Waals surface area contributed by atoms with Crippen LogP contribution in [0.2, 0.25) is 0 Å². The van der Waals surface area contributed by atoms with E-state index in [4.69, 9.17) is 0 Å². The lowest BCUT2D eigenvalue weighted by Gasteiger charge is -2.60. The summed E-state index contributed by atoms with van der Waals surface area (Å²) in [4.78, 5) is 27.0. The lowest BCUT2D eigenvalue weighted by atomic mass is 9.47. The third-order valence-corrected chi connectivity index (χ3v) is 9.85. The highest BCUT2D eigenvalue weighted by atomic mass is 16.5. The molecule has 4 aliphatic rings. The van der Waals surface area contributed by atoms with E-state index in [1.165, 1.54) is 19.0 Å². The van der Waals surface area contributed by atoms with Crippen LogP contribution in [0, 0.1) is 39.7 Å². The highest BCUT2D eigenvalue weighted by Gasteiger charge is 2.60. The maximum atomic E-state index is 12.8. The number of hydrogen-bond acceptors (Lipinski definition) is 3. The Balaban J connectivity index is 1.32. The van der Waals surface area contributed by atoms with Crippen LogP contribution in [-0.2, 0) is 9.59 Å². The molecule has 2 amide bonds. The number of fused-ring (bicyclic) bond motifs is 5. The number of nitrogens with one attached hydrogen (secondary N) is 1. The minimum atomic E-state index is -0.0548. The summed E-state index contributed by atoms with van der Waals surface area (Å²) in [6, 6.07) is 5.38. The van der Waals surface area contributed by atoms with Gasteiger partial charge in [0.05, 0.1) is 12.6 Å². The number of hydrogen-bond donors (Lipinski definition) is 1. The molecule has 1 aliphatic heterocycles. The normalized spacial score (nSPS) is 40.4. The summed E-state index contributed by atoms with van der Waals surface area (Å²) in [5, 5.41) is 14.7. The molecule has 2 heterocycles. The lowest BCUT2D eigenvalue weighted by molar-refractivity contribution is -0.590. The Morgan fingerprint density at radius 2 is 2.00 bits per heavy atom. The number of carbonyl (C=O) groups excluding carboxylic acids is 2. The Morgan fingerprint density at radius 1 is 1.19 bits per heavy atom. The molecule has 172 valence electrons. The quantitative estimate of drug-likeness (QED) is 0.575. The molecule has 0 spiro atoms. The van der Waals surface area contributed by atoms with Gasteiger partial charge in [-0.05, 0) is 79.8 Å². The zero-order valence-electron chi connectivity index (χ0n) is 19.4. The molecular weight excluding hydrogens is 402 g/mol. The maximum absolute atomic E-state index is 12.8. The Labute approximate surface area is 190 Å². The van der Waals surface area contributed by atoms with Gasteiger partial charge in [-0.1, -0.05) is 26.0 Å². The van der Waals surface area contributed by atoms with E-state index in [0.29, 0.717) is 46.7 Å². The minimum Gasteiger partial charge on any atom is -0.711 e. The number of nitrogens with zero attached hydrogens (tertiary/aromatic N) is 2. The molecular formula is C26H35N3O3. The van der Waals surface area contributed by atoms with Gasteiger partial charge in [0.15, 0.2) is 0 Å². The fraction of sp³-hybridized carbons (Fsp3) is 0.654. The van der Waals surface area contributed by atoms with Crippen LogP contribution < -0.4 is 10.0 Å². The van der Waals surface area contributed by atoms with Gasteiger partial charge in [0, 0.05) is 24.6 Å². The zero-order valence-corrected chi connectivity index (χ0v) is 19.4. The number of rotatable bonds is 3.